The van der Waals surface area contributed by atoms with Crippen LogP contribution in [-0.4, -0.2) is 21.2 Å². The van der Waals surface area contributed by atoms with Crippen LogP contribution in [0.25, 0.3) is 0 Å². The number of benzene rings is 2. The fourth-order valence-corrected chi connectivity index (χ4v) is 1.86. The molecule has 0 fully saturated rings. The molecular formula is C14H11N5O5S. The van der Waals surface area contributed by atoms with Crippen LogP contribution in [0.15, 0.2) is 47.6 Å². The first-order valence-corrected chi connectivity index (χ1v) is 7.07. The van der Waals surface area contributed by atoms with Crippen LogP contribution in [0.5, 0.6) is 11.5 Å². The van der Waals surface area contributed by atoms with Crippen molar-refractivity contribution in [3.05, 3.63) is 68.3 Å². The maximum Gasteiger partial charge on any atom is 0.318 e. The molecular weight excluding hydrogens is 350 g/mol. The Balaban J connectivity index is 2.27. The third-order valence-electron chi connectivity index (χ3n) is 2.82. The quantitative estimate of drug-likeness (QED) is 0.345. The Hall–Kier alpha value is -3.60. The van der Waals surface area contributed by atoms with Crippen molar-refractivity contribution in [2.75, 3.05) is 0 Å². The summed E-state index contributed by atoms with van der Waals surface area (Å²) in [7, 11) is 0. The van der Waals surface area contributed by atoms with Crippen molar-refractivity contribution in [1.29, 1.82) is 0 Å². The van der Waals surface area contributed by atoms with E-state index in [0.717, 1.165) is 12.1 Å². The highest BCUT2D eigenvalue weighted by Crippen LogP contribution is 2.34. The van der Waals surface area contributed by atoms with Gasteiger partial charge in [0.1, 0.15) is 5.75 Å². The van der Waals surface area contributed by atoms with E-state index in [1.165, 1.54) is 12.3 Å². The van der Waals surface area contributed by atoms with Crippen molar-refractivity contribution in [2.24, 2.45) is 10.8 Å². The Kier molecular flexibility index (Phi) is 5.53. The van der Waals surface area contributed by atoms with E-state index in [1.54, 1.807) is 24.3 Å². The van der Waals surface area contributed by atoms with E-state index in [0.29, 0.717) is 5.56 Å². The number of non-ortho nitro benzene ring substituents is 1. The van der Waals surface area contributed by atoms with Crippen LogP contribution in [0, 0.1) is 20.2 Å². The fourth-order valence-electron chi connectivity index (χ4n) is 1.80. The maximum atomic E-state index is 11.1. The van der Waals surface area contributed by atoms with Crippen LogP contribution in [-0.2, 0) is 0 Å². The van der Waals surface area contributed by atoms with Gasteiger partial charge in [-0.05, 0) is 36.0 Å². The molecule has 2 aromatic carbocycles. The average Bonchev–Trinajstić information content (AvgIpc) is 2.55. The molecule has 10 nitrogen and oxygen atoms in total. The van der Waals surface area contributed by atoms with Gasteiger partial charge in [0.05, 0.1) is 22.1 Å². The predicted octanol–water partition coefficient (Wildman–Crippen LogP) is 2.46. The second-order valence-electron chi connectivity index (χ2n) is 4.58. The molecule has 11 heteroatoms. The van der Waals surface area contributed by atoms with Crippen LogP contribution in [0.1, 0.15) is 5.56 Å². The average molecular weight is 361 g/mol. The lowest BCUT2D eigenvalue weighted by Crippen LogP contribution is -2.23. The molecule has 0 aliphatic rings. The zero-order chi connectivity index (χ0) is 18.4. The summed E-state index contributed by atoms with van der Waals surface area (Å²) >= 11 is 4.61. The highest BCUT2D eigenvalue weighted by Gasteiger charge is 2.21. The van der Waals surface area contributed by atoms with Gasteiger partial charge in [0.25, 0.3) is 5.69 Å². The van der Waals surface area contributed by atoms with Crippen LogP contribution >= 0.6 is 12.2 Å². The first-order chi connectivity index (χ1) is 11.9. The first kappa shape index (κ1) is 17.7. The predicted molar refractivity (Wildman–Crippen MR) is 93.8 cm³/mol. The molecule has 0 saturated carbocycles. The zero-order valence-electron chi connectivity index (χ0n) is 12.5. The standard InChI is InChI=1S/C14H11N5O5S/c15-14(25)17-16-8-9-2-1-3-11(6-9)24-13-5-4-10(18(20)21)7-12(13)19(22)23/h1-8H,(H3,15,17,25). The van der Waals surface area contributed by atoms with Crippen molar-refractivity contribution in [1.82, 2.24) is 5.43 Å². The fraction of sp³-hybridized carbons (Fsp3) is 0. The molecule has 0 amide bonds. The number of hydrogen-bond acceptors (Lipinski definition) is 7. The van der Waals surface area contributed by atoms with Crippen LogP contribution < -0.4 is 15.9 Å². The molecule has 0 aliphatic heterocycles. The summed E-state index contributed by atoms with van der Waals surface area (Å²) in [5.74, 6) is 0.169. The van der Waals surface area contributed by atoms with E-state index in [9.17, 15) is 20.2 Å². The van der Waals surface area contributed by atoms with Gasteiger partial charge in [-0.3, -0.25) is 25.7 Å². The van der Waals surface area contributed by atoms with Crippen LogP contribution in [0.2, 0.25) is 0 Å². The molecule has 3 N–H and O–H groups in total. The van der Waals surface area contributed by atoms with Crippen molar-refractivity contribution < 1.29 is 14.6 Å². The normalized spacial score (nSPS) is 10.4. The van der Waals surface area contributed by atoms with Gasteiger partial charge in [0.2, 0.25) is 5.75 Å². The Morgan fingerprint density at radius 1 is 1.20 bits per heavy atom. The lowest BCUT2D eigenvalue weighted by atomic mass is 10.2. The van der Waals surface area contributed by atoms with E-state index in [1.807, 2.05) is 0 Å². The molecule has 0 aliphatic carbocycles. The molecule has 2 aromatic rings. The number of nitro benzene ring substituents is 2. The first-order valence-electron chi connectivity index (χ1n) is 6.66. The van der Waals surface area contributed by atoms with Gasteiger partial charge in [-0.1, -0.05) is 12.1 Å². The minimum Gasteiger partial charge on any atom is -0.450 e. The van der Waals surface area contributed by atoms with Gasteiger partial charge in [-0.15, -0.1) is 0 Å². The van der Waals surface area contributed by atoms with Gasteiger partial charge >= 0.3 is 5.69 Å². The Morgan fingerprint density at radius 3 is 2.60 bits per heavy atom. The minimum absolute atomic E-state index is 0.00478. The molecule has 128 valence electrons. The number of hydrogen-bond donors (Lipinski definition) is 2. The van der Waals surface area contributed by atoms with Crippen molar-refractivity contribution in [3.8, 4) is 11.5 Å². The minimum atomic E-state index is -0.750. The molecule has 0 bridgehead atoms. The molecule has 0 atom stereocenters. The number of hydrazone groups is 1. The number of rotatable bonds is 6. The largest absolute Gasteiger partial charge is 0.450 e. The van der Waals surface area contributed by atoms with E-state index < -0.39 is 21.2 Å². The summed E-state index contributed by atoms with van der Waals surface area (Å²) in [6, 6.07) is 9.63. The lowest BCUT2D eigenvalue weighted by Gasteiger charge is -2.07. The molecule has 0 radical (unpaired) electrons. The van der Waals surface area contributed by atoms with Crippen molar-refractivity contribution in [2.45, 2.75) is 0 Å². The summed E-state index contributed by atoms with van der Waals surface area (Å²) in [6.07, 6.45) is 1.43. The third kappa shape index (κ3) is 4.94. The Labute approximate surface area is 146 Å². The zero-order valence-corrected chi connectivity index (χ0v) is 13.3. The van der Waals surface area contributed by atoms with E-state index in [2.05, 4.69) is 22.7 Å². The number of nitro groups is 2. The Morgan fingerprint density at radius 2 is 1.96 bits per heavy atom. The third-order valence-corrected chi connectivity index (χ3v) is 2.92. The number of ether oxygens (including phenoxy) is 1. The number of nitrogens with one attached hydrogen (secondary N) is 1. The molecule has 0 unspecified atom stereocenters. The lowest BCUT2D eigenvalue weighted by molar-refractivity contribution is -0.394. The van der Waals surface area contributed by atoms with E-state index >= 15 is 0 Å². The summed E-state index contributed by atoms with van der Waals surface area (Å²) < 4.78 is 5.48. The van der Waals surface area contributed by atoms with Gasteiger partial charge < -0.3 is 10.5 Å². The second-order valence-corrected chi connectivity index (χ2v) is 5.01. The van der Waals surface area contributed by atoms with Gasteiger partial charge in [-0.2, -0.15) is 5.10 Å². The summed E-state index contributed by atoms with van der Waals surface area (Å²) in [6.45, 7) is 0. The van der Waals surface area contributed by atoms with E-state index in [4.69, 9.17) is 10.5 Å². The molecule has 0 aromatic heterocycles. The summed E-state index contributed by atoms with van der Waals surface area (Å²) in [5, 5.41) is 25.6. The molecule has 0 saturated heterocycles. The molecule has 25 heavy (non-hydrogen) atoms. The highest BCUT2D eigenvalue weighted by atomic mass is 32.1. The van der Waals surface area contributed by atoms with Crippen molar-refractivity contribution >= 4 is 34.9 Å². The molecule has 2 rings (SSSR count). The maximum absolute atomic E-state index is 11.1. The van der Waals surface area contributed by atoms with Gasteiger partial charge in [-0.25, -0.2) is 0 Å². The van der Waals surface area contributed by atoms with Crippen LogP contribution in [0.3, 0.4) is 0 Å². The monoisotopic (exact) mass is 361 g/mol. The number of thiocarbonyl (C=S) groups is 1. The SMILES string of the molecule is NC(=S)NN=Cc1cccc(Oc2ccc([N+](=O)[O-])cc2[N+](=O)[O-])c1. The van der Waals surface area contributed by atoms with E-state index in [-0.39, 0.29) is 16.6 Å². The van der Waals surface area contributed by atoms with Crippen LogP contribution in [0.4, 0.5) is 11.4 Å². The summed E-state index contributed by atoms with van der Waals surface area (Å²) in [4.78, 5) is 20.4. The molecule has 0 heterocycles. The number of nitrogens with two attached hydrogens (primary N) is 1. The second kappa shape index (κ2) is 7.79. The number of nitrogens with zero attached hydrogens (tertiary/aromatic N) is 3. The van der Waals surface area contributed by atoms with Gasteiger partial charge in [0.15, 0.2) is 5.11 Å². The topological polar surface area (TPSA) is 146 Å². The van der Waals surface area contributed by atoms with Crippen molar-refractivity contribution in [3.63, 3.8) is 0 Å². The van der Waals surface area contributed by atoms with Gasteiger partial charge in [0, 0.05) is 6.07 Å². The summed E-state index contributed by atoms with van der Waals surface area (Å²) in [5.41, 5.74) is 7.33. The Bertz CT molecular complexity index is 870. The highest BCUT2D eigenvalue weighted by molar-refractivity contribution is 7.80. The molecule has 0 spiro atoms. The smallest absolute Gasteiger partial charge is 0.318 e.